The number of aryl methyl sites for hydroxylation is 1. The number of methoxy groups -OCH3 is 2. The van der Waals surface area contributed by atoms with E-state index in [1.807, 2.05) is 137 Å². The molecule has 3 N–H and O–H groups in total. The number of aromatic nitrogens is 18. The van der Waals surface area contributed by atoms with E-state index in [0.29, 0.717) is 113 Å². The first-order chi connectivity index (χ1) is 67.0. The lowest BCUT2D eigenvalue weighted by atomic mass is 9.91. The summed E-state index contributed by atoms with van der Waals surface area (Å²) in [5.41, 5.74) is 16.4. The normalized spacial score (nSPS) is 19.7. The lowest BCUT2D eigenvalue weighted by molar-refractivity contribution is -0.140. The lowest BCUT2D eigenvalue weighted by Gasteiger charge is -2.36. The van der Waals surface area contributed by atoms with Gasteiger partial charge in [0.2, 0.25) is 17.7 Å². The number of hydrogen-bond acceptors (Lipinski definition) is 27. The second-order valence-corrected chi connectivity index (χ2v) is 37.5. The molecule has 0 saturated carbocycles. The fourth-order valence-corrected chi connectivity index (χ4v) is 21.1. The van der Waals surface area contributed by atoms with E-state index in [9.17, 15) is 19.2 Å². The Balaban J connectivity index is 0.000000119. The van der Waals surface area contributed by atoms with Gasteiger partial charge < -0.3 is 33.5 Å². The van der Waals surface area contributed by atoms with Gasteiger partial charge in [-0.15, -0.1) is 11.3 Å². The summed E-state index contributed by atoms with van der Waals surface area (Å²) in [6, 6.07) is 44.6. The van der Waals surface area contributed by atoms with Gasteiger partial charge in [0.25, 0.3) is 0 Å². The summed E-state index contributed by atoms with van der Waals surface area (Å²) in [6.07, 6.45) is 30.7. The van der Waals surface area contributed by atoms with Gasteiger partial charge in [-0.1, -0.05) is 54.1 Å². The van der Waals surface area contributed by atoms with Crippen LogP contribution in [0, 0.1) is 6.92 Å². The van der Waals surface area contributed by atoms with Crippen molar-refractivity contribution in [2.24, 2.45) is 0 Å². The zero-order chi connectivity index (χ0) is 92.8. The van der Waals surface area contributed by atoms with E-state index in [2.05, 4.69) is 151 Å². The van der Waals surface area contributed by atoms with Gasteiger partial charge >= 0.3 is 0 Å². The van der Waals surface area contributed by atoms with Crippen LogP contribution >= 0.6 is 22.9 Å². The fraction of sp³-hybridized carbons (Fsp3) is 0.291. The number of anilines is 1. The topological polar surface area (TPSA) is 363 Å². The van der Waals surface area contributed by atoms with Gasteiger partial charge in [-0.2, -0.15) is 15.3 Å². The van der Waals surface area contributed by atoms with Crippen molar-refractivity contribution in [1.29, 1.82) is 0 Å². The number of H-pyrrole nitrogens is 3. The number of aromatic amines is 3. The number of benzene rings is 5. The van der Waals surface area contributed by atoms with Crippen molar-refractivity contribution in [3.05, 3.63) is 264 Å². The van der Waals surface area contributed by atoms with Crippen LogP contribution in [0.2, 0.25) is 5.15 Å². The molecule has 7 aliphatic heterocycles. The maximum Gasteiger partial charge on any atom is 0.237 e. The number of nitrogens with one attached hydrogen (secondary N) is 3. The molecule has 5 fully saturated rings. The Hall–Kier alpha value is -14.6. The number of carbonyl (C=O) groups excluding carboxylic acids is 4. The molecule has 137 heavy (non-hydrogen) atoms. The zero-order valence-corrected chi connectivity index (χ0v) is 77.2. The molecule has 34 heteroatoms. The molecule has 19 heterocycles. The van der Waals surface area contributed by atoms with Crippen LogP contribution in [-0.2, 0) is 40.7 Å². The van der Waals surface area contributed by atoms with E-state index >= 15 is 0 Å². The number of ether oxygens (including phenoxy) is 2. The van der Waals surface area contributed by atoms with Crippen molar-refractivity contribution >= 4 is 129 Å². The fourth-order valence-electron chi connectivity index (χ4n) is 20.3. The minimum Gasteiger partial charge on any atom is -0.454 e. The Labute approximate surface area is 795 Å². The van der Waals surface area contributed by atoms with Gasteiger partial charge in [-0.25, -0.2) is 49.8 Å². The summed E-state index contributed by atoms with van der Waals surface area (Å²) in [5, 5.41) is 31.9. The van der Waals surface area contributed by atoms with E-state index in [0.717, 1.165) is 184 Å². The van der Waals surface area contributed by atoms with Gasteiger partial charge in [-0.05, 0) is 183 Å². The Kier molecular flexibility index (Phi) is 24.1. The van der Waals surface area contributed by atoms with E-state index in [4.69, 9.17) is 45.4 Å². The summed E-state index contributed by atoms with van der Waals surface area (Å²) >= 11 is 7.78. The van der Waals surface area contributed by atoms with Crippen molar-refractivity contribution in [2.45, 2.75) is 81.1 Å². The maximum atomic E-state index is 13.7. The number of ketones is 1. The highest BCUT2D eigenvalue weighted by atomic mass is 35.5. The highest BCUT2D eigenvalue weighted by Crippen LogP contribution is 2.42. The van der Waals surface area contributed by atoms with Gasteiger partial charge in [0, 0.05) is 245 Å². The quantitative estimate of drug-likeness (QED) is 0.0562. The molecule has 2 bridgehead atoms. The summed E-state index contributed by atoms with van der Waals surface area (Å²) in [4.78, 5) is 122. The van der Waals surface area contributed by atoms with Crippen LogP contribution in [0.15, 0.2) is 230 Å². The molecule has 688 valence electrons. The molecular formula is C103H96ClN25O7S. The van der Waals surface area contributed by atoms with E-state index < -0.39 is 11.2 Å². The van der Waals surface area contributed by atoms with Crippen LogP contribution in [0.25, 0.3) is 133 Å². The number of piperazine rings is 1. The summed E-state index contributed by atoms with van der Waals surface area (Å²) < 4.78 is 18.0. The second kappa shape index (κ2) is 37.6. The van der Waals surface area contributed by atoms with E-state index in [1.165, 1.54) is 16.8 Å². The first-order valence-electron chi connectivity index (χ1n) is 46.2. The number of amides is 3. The monoisotopic (exact) mass is 1860 g/mol. The SMILES string of the molecule is CO[C@@]1(C(=O)Cc2ccc3[nH]nc(-c4cc5cnccc5o4)c3c2)CCN(CC(=O)N2CC=C(c3nccs3)CC2)C1.CO[C@@]1(c2ncc3cc4[nH]nc(-c5ccnc(Cl)c5)c4cc3n2)CCN(CC(=O)N2CC=C(c3ccc(-c4ncccn4)cc3)CC2)C1.Cc1cnc(-c2ccc(N3C[C@@H]4C[C@H]3CN4C(=O)CN3CC[C@@H](c4ncc5cc6[nH]nc(-c7ccncc7)c6cc5n4)C3)cc2)nc1. The molecule has 3 amide bonds. The maximum absolute atomic E-state index is 13.7. The summed E-state index contributed by atoms with van der Waals surface area (Å²) in [6.45, 7) is 11.1. The first-order valence-corrected chi connectivity index (χ1v) is 47.4. The third-order valence-corrected chi connectivity index (χ3v) is 28.8. The number of fused-ring (bicyclic) bond motifs is 8. The zero-order valence-electron chi connectivity index (χ0n) is 75.6. The molecule has 5 saturated heterocycles. The minimum absolute atomic E-state index is 0.00755. The van der Waals surface area contributed by atoms with Gasteiger partial charge in [0.15, 0.2) is 29.0 Å². The van der Waals surface area contributed by atoms with Crippen molar-refractivity contribution in [2.75, 3.05) is 117 Å². The summed E-state index contributed by atoms with van der Waals surface area (Å²) in [7, 11) is 3.28. The average molecular weight is 1860 g/mol. The van der Waals surface area contributed by atoms with Crippen LogP contribution in [0.3, 0.4) is 0 Å². The number of Topliss-reactive ketones (excluding diaryl/α,β-unsaturated/α-hetero) is 1. The predicted molar refractivity (Wildman–Crippen MR) is 523 cm³/mol. The molecule has 5 aromatic carbocycles. The van der Waals surface area contributed by atoms with Crippen molar-refractivity contribution in [3.63, 3.8) is 0 Å². The van der Waals surface area contributed by atoms with Crippen LogP contribution < -0.4 is 4.90 Å². The predicted octanol–water partition coefficient (Wildman–Crippen LogP) is 14.5. The standard InChI is InChI=1S/C36H32ClN9O2.C36H34N10O.C31H30N6O4S/c1-48-36(35-41-20-27-17-30-28(19-29(27)42-35)33(44-43-30)26-7-13-38-31(37)18-26)10-16-45(22-36)21-32(47)46-14-8-24(9-15-46)23-3-5-25(6-4-23)34-39-11-2-12-40-34;1-22-15-38-35(39-16-22)24-2-4-27(5-3-24)45-19-29-13-28(45)20-46(29)33(47)21-44-11-8-25(18-44)36-40-17-26-12-32-30(14-31(26)41-36)34(43-42-32)23-6-9-37-10-7-23;1-40-31(7-12-36(19-31)18-28(39)37-10-5-21(6-11-37)30-33-9-13-42-30)27(38)15-20-2-3-24-23(14-20)29(35-34-24)26-16-22-17-32-8-4-25(22)41-26/h2-8,11-13,17-20H,9-10,14-16,21-22H2,1H3,(H,43,44);2-7,9-10,12,14-17,25,28-29H,8,11,13,18-21H2,1H3,(H,42,43);2-5,8-9,13-14,16-17H,6-7,10-12,15,18-19H2,1H3,(H,34,35)/t36-;25-,28+,29+;31-/m010/s1. The van der Waals surface area contributed by atoms with Crippen LogP contribution in [0.4, 0.5) is 5.69 Å². The molecule has 17 aromatic rings. The number of hydrogen-bond donors (Lipinski definition) is 3. The molecule has 32 nitrogen and oxygen atoms in total. The number of likely N-dealkylation sites (tertiary alicyclic amines) is 4. The van der Waals surface area contributed by atoms with E-state index in [1.54, 1.807) is 75.0 Å². The van der Waals surface area contributed by atoms with Crippen molar-refractivity contribution in [1.82, 2.24) is 120 Å². The molecule has 12 aromatic heterocycles. The number of halogens is 1. The molecule has 7 aliphatic rings. The Morgan fingerprint density at radius 2 is 1.18 bits per heavy atom. The van der Waals surface area contributed by atoms with Crippen LogP contribution in [0.5, 0.6) is 0 Å². The largest absolute Gasteiger partial charge is 0.454 e. The molecule has 24 rings (SSSR count). The minimum atomic E-state index is -0.944. The third kappa shape index (κ3) is 18.0. The lowest BCUT2D eigenvalue weighted by Crippen LogP contribution is -2.51. The Morgan fingerprint density at radius 3 is 1.88 bits per heavy atom. The molecule has 0 radical (unpaired) electrons. The number of furan rings is 1. The number of nitrogens with zero attached hydrogens (tertiary/aromatic N) is 22. The second-order valence-electron chi connectivity index (χ2n) is 36.2. The molecular weight excluding hydrogens is 1770 g/mol. The first kappa shape index (κ1) is 87.7. The third-order valence-electron chi connectivity index (χ3n) is 27.8. The molecule has 0 aliphatic carbocycles. The Bertz CT molecular complexity index is 7440. The van der Waals surface area contributed by atoms with E-state index in [-0.39, 0.29) is 48.4 Å². The van der Waals surface area contributed by atoms with Gasteiger partial charge in [-0.3, -0.25) is 59.1 Å². The van der Waals surface area contributed by atoms with Crippen LogP contribution in [-0.4, -0.2) is 273 Å². The van der Waals surface area contributed by atoms with Gasteiger partial charge in [0.1, 0.15) is 49.9 Å². The average Bonchev–Trinajstić information content (AvgIpc) is 1.44. The van der Waals surface area contributed by atoms with Gasteiger partial charge in [0.05, 0.1) is 53.3 Å². The molecule has 0 spiro atoms. The number of thiazole rings is 1. The molecule has 0 unspecified atom stereocenters. The van der Waals surface area contributed by atoms with Crippen molar-refractivity contribution in [3.8, 4) is 56.7 Å². The smallest absolute Gasteiger partial charge is 0.237 e. The highest BCUT2D eigenvalue weighted by molar-refractivity contribution is 7.10. The Morgan fingerprint density at radius 1 is 0.526 bits per heavy atom. The van der Waals surface area contributed by atoms with Crippen molar-refractivity contribution < 1.29 is 33.1 Å². The summed E-state index contributed by atoms with van der Waals surface area (Å²) in [5.74, 6) is 4.17. The number of pyridine rings is 3. The molecule has 5 atom stereocenters. The number of rotatable bonds is 21. The number of carbonyl (C=O) groups is 4. The highest BCUT2D eigenvalue weighted by Gasteiger charge is 2.48. The van der Waals surface area contributed by atoms with Crippen LogP contribution in [0.1, 0.15) is 77.8 Å².